The molecule has 1 saturated heterocycles. The van der Waals surface area contributed by atoms with E-state index in [0.717, 1.165) is 5.56 Å². The third kappa shape index (κ3) is 9.49. The first-order valence-electron chi connectivity index (χ1n) is 14.5. The topological polar surface area (TPSA) is 162 Å². The number of nitrogens with one attached hydrogen (secondary N) is 3. The van der Waals surface area contributed by atoms with Crippen LogP contribution in [0.25, 0.3) is 0 Å². The number of carbonyl (C=O) groups excluding carboxylic acids is 3. The standard InChI is InChI=1S/C32H38N6O7/c1-21-6-4-5-7-24(21)35-32(43)36-25-10-8-22(16-27(25)44-3)17-30(40)37(2)28-11-9-23(19-33-28)26(18-31(41)42)34-29(39)20-38-12-14-45-15-13-38/h4-11,16,19,26H,12-15,17-18,20H2,1-3H3,(H,34,39)(H,41,42)(H2,35,36,43). The summed E-state index contributed by atoms with van der Waals surface area (Å²) >= 11 is 0. The molecule has 4 amide bonds. The molecule has 13 heteroatoms. The summed E-state index contributed by atoms with van der Waals surface area (Å²) in [6.45, 7) is 4.40. The van der Waals surface area contributed by atoms with Crippen molar-refractivity contribution in [1.29, 1.82) is 0 Å². The number of morpholine rings is 1. The molecule has 2 heterocycles. The van der Waals surface area contributed by atoms with Crippen molar-refractivity contribution in [2.75, 3.05) is 62.5 Å². The fraction of sp³-hybridized carbons (Fsp3) is 0.344. The smallest absolute Gasteiger partial charge is 0.323 e. The van der Waals surface area contributed by atoms with Crippen LogP contribution in [0.5, 0.6) is 5.75 Å². The quantitative estimate of drug-likeness (QED) is 0.239. The summed E-state index contributed by atoms with van der Waals surface area (Å²) in [5, 5.41) is 17.8. The van der Waals surface area contributed by atoms with Gasteiger partial charge in [-0.1, -0.05) is 30.3 Å². The van der Waals surface area contributed by atoms with Gasteiger partial charge in [-0.3, -0.25) is 24.2 Å². The number of aryl methyl sites for hydroxylation is 1. The molecule has 0 spiro atoms. The van der Waals surface area contributed by atoms with E-state index >= 15 is 0 Å². The summed E-state index contributed by atoms with van der Waals surface area (Å²) in [6, 6.07) is 14.6. The average molecular weight is 619 g/mol. The van der Waals surface area contributed by atoms with Crippen LogP contribution in [0.2, 0.25) is 0 Å². The molecule has 13 nitrogen and oxygen atoms in total. The third-order valence-corrected chi connectivity index (χ3v) is 7.34. The number of ether oxygens (including phenoxy) is 2. The van der Waals surface area contributed by atoms with Crippen molar-refractivity contribution in [3.05, 3.63) is 77.5 Å². The van der Waals surface area contributed by atoms with Gasteiger partial charge in [0.1, 0.15) is 11.6 Å². The van der Waals surface area contributed by atoms with Gasteiger partial charge in [-0.05, 0) is 47.9 Å². The zero-order valence-electron chi connectivity index (χ0n) is 25.5. The normalized spacial score (nSPS) is 13.8. The Morgan fingerprint density at radius 1 is 1.04 bits per heavy atom. The molecule has 0 radical (unpaired) electrons. The molecule has 45 heavy (non-hydrogen) atoms. The minimum Gasteiger partial charge on any atom is -0.495 e. The van der Waals surface area contributed by atoms with Crippen LogP contribution in [0.1, 0.15) is 29.2 Å². The number of benzene rings is 2. The summed E-state index contributed by atoms with van der Waals surface area (Å²) in [4.78, 5) is 57.5. The molecule has 1 aromatic heterocycles. The second-order valence-corrected chi connectivity index (χ2v) is 10.6. The first kappa shape index (κ1) is 32.9. The van der Waals surface area contributed by atoms with Gasteiger partial charge in [-0.2, -0.15) is 0 Å². The van der Waals surface area contributed by atoms with Crippen molar-refractivity contribution in [3.8, 4) is 5.75 Å². The Balaban J connectivity index is 1.36. The van der Waals surface area contributed by atoms with Crippen molar-refractivity contribution >= 4 is 41.0 Å². The highest BCUT2D eigenvalue weighted by Gasteiger charge is 2.22. The number of urea groups is 1. The number of methoxy groups -OCH3 is 1. The van der Waals surface area contributed by atoms with Crippen molar-refractivity contribution in [3.63, 3.8) is 0 Å². The van der Waals surface area contributed by atoms with Crippen molar-refractivity contribution in [1.82, 2.24) is 15.2 Å². The molecule has 3 aromatic rings. The van der Waals surface area contributed by atoms with Gasteiger partial charge in [-0.25, -0.2) is 9.78 Å². The number of aliphatic carboxylic acids is 1. The molecular weight excluding hydrogens is 580 g/mol. The molecule has 1 aliphatic rings. The van der Waals surface area contributed by atoms with Crippen LogP contribution < -0.4 is 25.6 Å². The largest absolute Gasteiger partial charge is 0.495 e. The van der Waals surface area contributed by atoms with Crippen LogP contribution in [0, 0.1) is 6.92 Å². The number of hydrogen-bond acceptors (Lipinski definition) is 8. The van der Waals surface area contributed by atoms with E-state index in [1.54, 1.807) is 43.4 Å². The van der Waals surface area contributed by atoms with Crippen LogP contribution in [-0.2, 0) is 25.5 Å². The van der Waals surface area contributed by atoms with E-state index in [9.17, 15) is 24.3 Å². The van der Waals surface area contributed by atoms with Crippen LogP contribution in [-0.4, -0.2) is 85.8 Å². The van der Waals surface area contributed by atoms with Gasteiger partial charge in [0.2, 0.25) is 11.8 Å². The van der Waals surface area contributed by atoms with E-state index in [0.29, 0.717) is 60.4 Å². The highest BCUT2D eigenvalue weighted by Crippen LogP contribution is 2.27. The number of hydrogen-bond donors (Lipinski definition) is 4. The predicted molar refractivity (Wildman–Crippen MR) is 169 cm³/mol. The summed E-state index contributed by atoms with van der Waals surface area (Å²) in [5.74, 6) is -0.855. The Bertz CT molecular complexity index is 1510. The number of para-hydroxylation sites is 1. The molecule has 1 aliphatic heterocycles. The fourth-order valence-corrected chi connectivity index (χ4v) is 4.79. The lowest BCUT2D eigenvalue weighted by atomic mass is 10.1. The Hall–Kier alpha value is -5.01. The number of likely N-dealkylation sites (N-methyl/N-ethyl adjacent to an activating group) is 1. The molecule has 1 atom stereocenters. The summed E-state index contributed by atoms with van der Waals surface area (Å²) in [5.41, 5.74) is 3.23. The zero-order valence-corrected chi connectivity index (χ0v) is 25.5. The molecule has 4 rings (SSSR count). The maximum Gasteiger partial charge on any atom is 0.323 e. The third-order valence-electron chi connectivity index (χ3n) is 7.34. The summed E-state index contributed by atoms with van der Waals surface area (Å²) < 4.78 is 10.8. The second-order valence-electron chi connectivity index (χ2n) is 10.6. The molecule has 4 N–H and O–H groups in total. The Labute approximate surface area is 261 Å². The zero-order chi connectivity index (χ0) is 32.3. The molecule has 1 unspecified atom stereocenters. The molecule has 0 aliphatic carbocycles. The monoisotopic (exact) mass is 618 g/mol. The SMILES string of the molecule is COc1cc(CC(=O)N(C)c2ccc(C(CC(=O)O)NC(=O)CN3CCOCC3)cn2)ccc1NC(=O)Nc1ccccc1C. The van der Waals surface area contributed by atoms with Gasteiger partial charge in [-0.15, -0.1) is 0 Å². The number of anilines is 3. The Kier molecular flexibility index (Phi) is 11.4. The predicted octanol–water partition coefficient (Wildman–Crippen LogP) is 3.21. The van der Waals surface area contributed by atoms with E-state index in [-0.39, 0.29) is 31.2 Å². The minimum atomic E-state index is -1.06. The van der Waals surface area contributed by atoms with Crippen molar-refractivity contribution in [2.24, 2.45) is 0 Å². The maximum atomic E-state index is 13.1. The number of pyridine rings is 1. The molecular formula is C32H38N6O7. The van der Waals surface area contributed by atoms with E-state index in [2.05, 4.69) is 20.9 Å². The first-order valence-corrected chi connectivity index (χ1v) is 14.5. The van der Waals surface area contributed by atoms with Crippen LogP contribution in [0.15, 0.2) is 60.8 Å². The van der Waals surface area contributed by atoms with Gasteiger partial charge in [0, 0.05) is 32.0 Å². The van der Waals surface area contributed by atoms with E-state index in [1.165, 1.54) is 18.2 Å². The molecule has 238 valence electrons. The number of carboxylic acid groups (broad SMARTS) is 1. The number of nitrogens with zero attached hydrogens (tertiary/aromatic N) is 3. The van der Waals surface area contributed by atoms with Gasteiger partial charge in [0.05, 0.1) is 51.4 Å². The number of amides is 4. The van der Waals surface area contributed by atoms with Crippen LogP contribution >= 0.6 is 0 Å². The lowest BCUT2D eigenvalue weighted by molar-refractivity contribution is -0.137. The molecule has 1 fully saturated rings. The average Bonchev–Trinajstić information content (AvgIpc) is 3.02. The van der Waals surface area contributed by atoms with Gasteiger partial charge < -0.3 is 30.5 Å². The first-order chi connectivity index (χ1) is 21.6. The molecule has 0 saturated carbocycles. The van der Waals surface area contributed by atoms with Crippen LogP contribution in [0.3, 0.4) is 0 Å². The van der Waals surface area contributed by atoms with Gasteiger partial charge in [0.25, 0.3) is 0 Å². The Morgan fingerprint density at radius 3 is 2.44 bits per heavy atom. The van der Waals surface area contributed by atoms with Gasteiger partial charge in [0.15, 0.2) is 0 Å². The lowest BCUT2D eigenvalue weighted by Crippen LogP contribution is -2.44. The van der Waals surface area contributed by atoms with Crippen molar-refractivity contribution in [2.45, 2.75) is 25.8 Å². The number of carboxylic acids is 1. The van der Waals surface area contributed by atoms with E-state index in [1.807, 2.05) is 30.0 Å². The fourth-order valence-electron chi connectivity index (χ4n) is 4.79. The molecule has 0 bridgehead atoms. The van der Waals surface area contributed by atoms with E-state index < -0.39 is 18.0 Å². The second kappa shape index (κ2) is 15.6. The number of carbonyl (C=O) groups is 4. The maximum absolute atomic E-state index is 13.1. The number of rotatable bonds is 12. The minimum absolute atomic E-state index is 0.0330. The lowest BCUT2D eigenvalue weighted by Gasteiger charge is -2.27. The highest BCUT2D eigenvalue weighted by atomic mass is 16.5. The summed E-state index contributed by atoms with van der Waals surface area (Å²) in [6.07, 6.45) is 1.18. The van der Waals surface area contributed by atoms with Gasteiger partial charge >= 0.3 is 12.0 Å². The summed E-state index contributed by atoms with van der Waals surface area (Å²) in [7, 11) is 3.07. The van der Waals surface area contributed by atoms with E-state index in [4.69, 9.17) is 9.47 Å². The molecule has 2 aromatic carbocycles. The van der Waals surface area contributed by atoms with Crippen molar-refractivity contribution < 1.29 is 33.8 Å². The highest BCUT2D eigenvalue weighted by molar-refractivity contribution is 6.01. The van der Waals surface area contributed by atoms with Crippen LogP contribution in [0.4, 0.5) is 22.0 Å². The number of aromatic nitrogens is 1. The Morgan fingerprint density at radius 2 is 1.78 bits per heavy atom.